The molecule has 0 radical (unpaired) electrons. The molecule has 3 nitrogen and oxygen atoms in total. The largest absolute Gasteiger partial charge is 0.351 e. The molecule has 1 aromatic rings. The number of carbonyl (C=O) groups is 1. The average Bonchev–Trinajstić information content (AvgIpc) is 3.24. The molecule has 0 bridgehead atoms. The summed E-state index contributed by atoms with van der Waals surface area (Å²) in [4.78, 5) is 12.0. The van der Waals surface area contributed by atoms with Gasteiger partial charge in [-0.3, -0.25) is 4.79 Å². The van der Waals surface area contributed by atoms with E-state index >= 15 is 0 Å². The Kier molecular flexibility index (Phi) is 4.24. The maximum atomic E-state index is 12.0. The van der Waals surface area contributed by atoms with Crippen LogP contribution in [0, 0.1) is 17.3 Å². The lowest BCUT2D eigenvalue weighted by atomic mass is 10.0. The predicted octanol–water partition coefficient (Wildman–Crippen LogP) is 1.92. The molecular weight excluding hydrogens is 236 g/mol. The van der Waals surface area contributed by atoms with E-state index in [2.05, 4.69) is 24.1 Å². The predicted molar refractivity (Wildman–Crippen MR) is 76.7 cm³/mol. The standard InChI is InChI=1S/C16H20N2O/c1-2-16(9-10-16)12-18-15(19)14-7-5-13(6-8-14)4-3-11-17/h5-8H,2,9-12,17H2,1H3,(H,18,19). The summed E-state index contributed by atoms with van der Waals surface area (Å²) < 4.78 is 0. The molecule has 1 aromatic carbocycles. The smallest absolute Gasteiger partial charge is 0.251 e. The topological polar surface area (TPSA) is 55.1 Å². The van der Waals surface area contributed by atoms with E-state index in [0.29, 0.717) is 17.5 Å². The van der Waals surface area contributed by atoms with Crippen LogP contribution < -0.4 is 11.1 Å². The summed E-state index contributed by atoms with van der Waals surface area (Å²) in [6.07, 6.45) is 3.61. The Labute approximate surface area is 114 Å². The number of rotatable bonds is 4. The zero-order chi connectivity index (χ0) is 13.7. The summed E-state index contributed by atoms with van der Waals surface area (Å²) in [7, 11) is 0. The van der Waals surface area contributed by atoms with Crippen LogP contribution in [0.3, 0.4) is 0 Å². The molecule has 1 amide bonds. The van der Waals surface area contributed by atoms with Crippen LogP contribution in [-0.2, 0) is 0 Å². The average molecular weight is 256 g/mol. The molecule has 1 aliphatic rings. The van der Waals surface area contributed by atoms with E-state index < -0.39 is 0 Å². The molecule has 1 aliphatic carbocycles. The third-order valence-electron chi connectivity index (χ3n) is 3.81. The van der Waals surface area contributed by atoms with Crippen LogP contribution in [0.25, 0.3) is 0 Å². The highest BCUT2D eigenvalue weighted by atomic mass is 16.1. The summed E-state index contributed by atoms with van der Waals surface area (Å²) in [6.45, 7) is 3.32. The van der Waals surface area contributed by atoms with Crippen LogP contribution in [-0.4, -0.2) is 19.0 Å². The van der Waals surface area contributed by atoms with E-state index in [1.807, 2.05) is 12.1 Å². The van der Waals surface area contributed by atoms with E-state index in [9.17, 15) is 4.79 Å². The van der Waals surface area contributed by atoms with Crippen LogP contribution in [0.5, 0.6) is 0 Å². The molecule has 0 unspecified atom stereocenters. The van der Waals surface area contributed by atoms with Crippen molar-refractivity contribution in [2.75, 3.05) is 13.1 Å². The van der Waals surface area contributed by atoms with Gasteiger partial charge in [0.2, 0.25) is 0 Å². The van der Waals surface area contributed by atoms with Crippen LogP contribution in [0.1, 0.15) is 42.1 Å². The third kappa shape index (κ3) is 3.59. The van der Waals surface area contributed by atoms with Gasteiger partial charge < -0.3 is 11.1 Å². The second-order valence-electron chi connectivity index (χ2n) is 5.12. The summed E-state index contributed by atoms with van der Waals surface area (Å²) in [5.74, 6) is 5.73. The van der Waals surface area contributed by atoms with Crippen molar-refractivity contribution in [1.82, 2.24) is 5.32 Å². The van der Waals surface area contributed by atoms with Crippen LogP contribution in [0.2, 0.25) is 0 Å². The van der Waals surface area contributed by atoms with E-state index in [1.54, 1.807) is 12.1 Å². The van der Waals surface area contributed by atoms with Crippen molar-refractivity contribution in [1.29, 1.82) is 0 Å². The Morgan fingerprint density at radius 2 is 2.05 bits per heavy atom. The Bertz CT molecular complexity index is 504. The SMILES string of the molecule is CCC1(CNC(=O)c2ccc(C#CCN)cc2)CC1. The number of benzene rings is 1. The van der Waals surface area contributed by atoms with Gasteiger partial charge in [-0.25, -0.2) is 0 Å². The first-order valence-electron chi connectivity index (χ1n) is 6.76. The van der Waals surface area contributed by atoms with Crippen molar-refractivity contribution in [3.05, 3.63) is 35.4 Å². The first kappa shape index (κ1) is 13.6. The fraction of sp³-hybridized carbons (Fsp3) is 0.438. The Morgan fingerprint density at radius 1 is 1.37 bits per heavy atom. The molecule has 0 saturated heterocycles. The molecule has 19 heavy (non-hydrogen) atoms. The molecule has 3 heteroatoms. The molecule has 0 aromatic heterocycles. The number of carbonyl (C=O) groups excluding carboxylic acids is 1. The molecule has 0 heterocycles. The normalized spacial score (nSPS) is 15.3. The fourth-order valence-electron chi connectivity index (χ4n) is 2.06. The number of nitrogens with one attached hydrogen (secondary N) is 1. The van der Waals surface area contributed by atoms with E-state index in [1.165, 1.54) is 12.8 Å². The van der Waals surface area contributed by atoms with Gasteiger partial charge in [0.25, 0.3) is 5.91 Å². The minimum Gasteiger partial charge on any atom is -0.351 e. The molecule has 1 fully saturated rings. The van der Waals surface area contributed by atoms with Gasteiger partial charge in [0.05, 0.1) is 6.54 Å². The lowest BCUT2D eigenvalue weighted by molar-refractivity contribution is 0.0944. The fourth-order valence-corrected chi connectivity index (χ4v) is 2.06. The van der Waals surface area contributed by atoms with E-state index in [0.717, 1.165) is 18.5 Å². The lowest BCUT2D eigenvalue weighted by Crippen LogP contribution is -2.29. The molecule has 100 valence electrons. The summed E-state index contributed by atoms with van der Waals surface area (Å²) in [6, 6.07) is 7.32. The van der Waals surface area contributed by atoms with Crippen molar-refractivity contribution < 1.29 is 4.79 Å². The van der Waals surface area contributed by atoms with Crippen LogP contribution in [0.4, 0.5) is 0 Å². The third-order valence-corrected chi connectivity index (χ3v) is 3.81. The van der Waals surface area contributed by atoms with Crippen molar-refractivity contribution in [3.63, 3.8) is 0 Å². The Morgan fingerprint density at radius 3 is 2.58 bits per heavy atom. The van der Waals surface area contributed by atoms with Gasteiger partial charge in [-0.15, -0.1) is 0 Å². The van der Waals surface area contributed by atoms with Crippen molar-refractivity contribution in [2.45, 2.75) is 26.2 Å². The maximum absolute atomic E-state index is 12.0. The van der Waals surface area contributed by atoms with Crippen molar-refractivity contribution in [2.24, 2.45) is 11.1 Å². The molecular formula is C16H20N2O. The number of hydrogen-bond donors (Lipinski definition) is 2. The highest BCUT2D eigenvalue weighted by Crippen LogP contribution is 2.47. The number of nitrogens with two attached hydrogens (primary N) is 1. The van der Waals surface area contributed by atoms with E-state index in [4.69, 9.17) is 5.73 Å². The lowest BCUT2D eigenvalue weighted by Gasteiger charge is -2.13. The Balaban J connectivity index is 1.92. The first-order valence-corrected chi connectivity index (χ1v) is 6.76. The minimum atomic E-state index is -0.00180. The van der Waals surface area contributed by atoms with Crippen LogP contribution in [0.15, 0.2) is 24.3 Å². The zero-order valence-electron chi connectivity index (χ0n) is 11.3. The van der Waals surface area contributed by atoms with Gasteiger partial charge in [0.15, 0.2) is 0 Å². The highest BCUT2D eigenvalue weighted by molar-refractivity contribution is 5.94. The van der Waals surface area contributed by atoms with Gasteiger partial charge in [0.1, 0.15) is 0 Å². The van der Waals surface area contributed by atoms with E-state index in [-0.39, 0.29) is 5.91 Å². The highest BCUT2D eigenvalue weighted by Gasteiger charge is 2.40. The zero-order valence-corrected chi connectivity index (χ0v) is 11.3. The summed E-state index contributed by atoms with van der Waals surface area (Å²) in [5.41, 5.74) is 7.26. The van der Waals surface area contributed by atoms with Crippen LogP contribution >= 0.6 is 0 Å². The summed E-state index contributed by atoms with van der Waals surface area (Å²) in [5, 5.41) is 3.02. The van der Waals surface area contributed by atoms with Gasteiger partial charge >= 0.3 is 0 Å². The molecule has 0 aliphatic heterocycles. The van der Waals surface area contributed by atoms with Gasteiger partial charge in [-0.05, 0) is 48.9 Å². The van der Waals surface area contributed by atoms with Crippen molar-refractivity contribution >= 4 is 5.91 Å². The van der Waals surface area contributed by atoms with Gasteiger partial charge in [-0.1, -0.05) is 18.8 Å². The maximum Gasteiger partial charge on any atom is 0.251 e. The van der Waals surface area contributed by atoms with Crippen molar-refractivity contribution in [3.8, 4) is 11.8 Å². The number of amides is 1. The second-order valence-corrected chi connectivity index (χ2v) is 5.12. The minimum absolute atomic E-state index is 0.00180. The van der Waals surface area contributed by atoms with Gasteiger partial charge in [0, 0.05) is 17.7 Å². The first-order chi connectivity index (χ1) is 9.19. The molecule has 2 rings (SSSR count). The molecule has 1 saturated carbocycles. The molecule has 0 atom stereocenters. The quantitative estimate of drug-likeness (QED) is 0.809. The second kappa shape index (κ2) is 5.90. The Hall–Kier alpha value is -1.79. The molecule has 0 spiro atoms. The van der Waals surface area contributed by atoms with Gasteiger partial charge in [-0.2, -0.15) is 0 Å². The summed E-state index contributed by atoms with van der Waals surface area (Å²) >= 11 is 0. The molecule has 3 N–H and O–H groups in total. The monoisotopic (exact) mass is 256 g/mol. The number of hydrogen-bond acceptors (Lipinski definition) is 2.